The molecule has 0 spiro atoms. The molecule has 0 saturated carbocycles. The molecule has 14 heavy (non-hydrogen) atoms. The Balaban J connectivity index is 2.58. The van der Waals surface area contributed by atoms with Crippen LogP contribution in [0.4, 0.5) is 8.78 Å². The SMILES string of the molecule is CC(CO)CCc1cc(F)cc(F)c1. The maximum absolute atomic E-state index is 12.7. The molecule has 0 bridgehead atoms. The number of rotatable bonds is 4. The zero-order valence-electron chi connectivity index (χ0n) is 8.13. The molecule has 0 saturated heterocycles. The number of hydrogen-bond donors (Lipinski definition) is 1. The van der Waals surface area contributed by atoms with E-state index in [9.17, 15) is 8.78 Å². The van der Waals surface area contributed by atoms with Crippen LogP contribution in [-0.4, -0.2) is 11.7 Å². The molecule has 0 heterocycles. The molecule has 1 nitrogen and oxygen atoms in total. The maximum atomic E-state index is 12.7. The van der Waals surface area contributed by atoms with Crippen LogP contribution in [0.2, 0.25) is 0 Å². The second-order valence-corrected chi connectivity index (χ2v) is 3.60. The lowest BCUT2D eigenvalue weighted by Gasteiger charge is -2.07. The minimum Gasteiger partial charge on any atom is -0.396 e. The van der Waals surface area contributed by atoms with Crippen LogP contribution in [0.5, 0.6) is 0 Å². The molecule has 1 atom stereocenters. The van der Waals surface area contributed by atoms with E-state index in [1.54, 1.807) is 0 Å². The minimum atomic E-state index is -0.545. The van der Waals surface area contributed by atoms with Crippen LogP contribution in [0.3, 0.4) is 0 Å². The fourth-order valence-corrected chi connectivity index (χ4v) is 1.26. The van der Waals surface area contributed by atoms with Crippen molar-refractivity contribution in [1.29, 1.82) is 0 Å². The molecule has 3 heteroatoms. The molecule has 1 unspecified atom stereocenters. The molecule has 1 aromatic rings. The van der Waals surface area contributed by atoms with Crippen molar-refractivity contribution in [3.05, 3.63) is 35.4 Å². The smallest absolute Gasteiger partial charge is 0.126 e. The molecule has 1 aromatic carbocycles. The first-order valence-corrected chi connectivity index (χ1v) is 4.67. The van der Waals surface area contributed by atoms with E-state index < -0.39 is 11.6 Å². The van der Waals surface area contributed by atoms with Crippen LogP contribution in [0.1, 0.15) is 18.9 Å². The van der Waals surface area contributed by atoms with Gasteiger partial charge >= 0.3 is 0 Å². The van der Waals surface area contributed by atoms with Gasteiger partial charge in [-0.05, 0) is 36.5 Å². The highest BCUT2D eigenvalue weighted by molar-refractivity contribution is 5.17. The number of aliphatic hydroxyl groups excluding tert-OH is 1. The zero-order chi connectivity index (χ0) is 10.6. The number of aliphatic hydroxyl groups is 1. The standard InChI is InChI=1S/C11H14F2O/c1-8(7-14)2-3-9-4-10(12)6-11(13)5-9/h4-6,8,14H,2-3,7H2,1H3. The summed E-state index contributed by atoms with van der Waals surface area (Å²) in [6, 6.07) is 3.51. The van der Waals surface area contributed by atoms with Gasteiger partial charge in [-0.15, -0.1) is 0 Å². The quantitative estimate of drug-likeness (QED) is 0.791. The average Bonchev–Trinajstić information content (AvgIpc) is 2.12. The normalized spacial score (nSPS) is 12.9. The topological polar surface area (TPSA) is 20.2 Å². The van der Waals surface area contributed by atoms with Gasteiger partial charge in [0, 0.05) is 12.7 Å². The van der Waals surface area contributed by atoms with Crippen LogP contribution in [-0.2, 0) is 6.42 Å². The van der Waals surface area contributed by atoms with E-state index in [-0.39, 0.29) is 12.5 Å². The van der Waals surface area contributed by atoms with Gasteiger partial charge in [0.1, 0.15) is 11.6 Å². The van der Waals surface area contributed by atoms with Gasteiger partial charge in [-0.2, -0.15) is 0 Å². The highest BCUT2D eigenvalue weighted by Gasteiger charge is 2.03. The summed E-state index contributed by atoms with van der Waals surface area (Å²) < 4.78 is 25.5. The van der Waals surface area contributed by atoms with Crippen LogP contribution >= 0.6 is 0 Å². The summed E-state index contributed by atoms with van der Waals surface area (Å²) in [6.45, 7) is 2.01. The Bertz CT molecular complexity index is 279. The maximum Gasteiger partial charge on any atom is 0.126 e. The van der Waals surface area contributed by atoms with Crippen LogP contribution in [0.25, 0.3) is 0 Å². The highest BCUT2D eigenvalue weighted by Crippen LogP contribution is 2.12. The highest BCUT2D eigenvalue weighted by atomic mass is 19.1. The lowest BCUT2D eigenvalue weighted by molar-refractivity contribution is 0.230. The van der Waals surface area contributed by atoms with Crippen molar-refractivity contribution in [2.75, 3.05) is 6.61 Å². The third-order valence-electron chi connectivity index (χ3n) is 2.16. The number of halogens is 2. The molecule has 0 aliphatic rings. The second kappa shape index (κ2) is 5.05. The summed E-state index contributed by atoms with van der Waals surface area (Å²) in [7, 11) is 0. The fraction of sp³-hybridized carbons (Fsp3) is 0.455. The molecule has 0 radical (unpaired) electrons. The van der Waals surface area contributed by atoms with Gasteiger partial charge in [-0.25, -0.2) is 8.78 Å². The predicted octanol–water partition coefficient (Wildman–Crippen LogP) is 2.53. The van der Waals surface area contributed by atoms with Crippen LogP contribution in [0, 0.1) is 17.6 Å². The van der Waals surface area contributed by atoms with Crippen molar-refractivity contribution in [3.8, 4) is 0 Å². The Morgan fingerprint density at radius 3 is 2.29 bits per heavy atom. The Kier molecular flexibility index (Phi) is 4.01. The number of aryl methyl sites for hydroxylation is 1. The molecule has 1 rings (SSSR count). The van der Waals surface area contributed by atoms with Crippen molar-refractivity contribution in [2.24, 2.45) is 5.92 Å². The molecule has 1 N–H and O–H groups in total. The fourth-order valence-electron chi connectivity index (χ4n) is 1.26. The third-order valence-corrected chi connectivity index (χ3v) is 2.16. The van der Waals surface area contributed by atoms with Gasteiger partial charge in [0.2, 0.25) is 0 Å². The summed E-state index contributed by atoms with van der Waals surface area (Å²) in [5.74, 6) is -0.922. The number of benzene rings is 1. The largest absolute Gasteiger partial charge is 0.396 e. The first kappa shape index (κ1) is 11.1. The molecule has 78 valence electrons. The van der Waals surface area contributed by atoms with Crippen molar-refractivity contribution >= 4 is 0 Å². The Hall–Kier alpha value is -0.960. The van der Waals surface area contributed by atoms with E-state index in [1.807, 2.05) is 6.92 Å². The first-order valence-electron chi connectivity index (χ1n) is 4.67. The van der Waals surface area contributed by atoms with E-state index in [2.05, 4.69) is 0 Å². The van der Waals surface area contributed by atoms with E-state index in [4.69, 9.17) is 5.11 Å². The summed E-state index contributed by atoms with van der Waals surface area (Å²) in [6.07, 6.45) is 1.33. The lowest BCUT2D eigenvalue weighted by Crippen LogP contribution is -2.02. The average molecular weight is 200 g/mol. The van der Waals surface area contributed by atoms with Gasteiger partial charge in [0.15, 0.2) is 0 Å². The van der Waals surface area contributed by atoms with E-state index >= 15 is 0 Å². The van der Waals surface area contributed by atoms with E-state index in [0.29, 0.717) is 12.0 Å². The summed E-state index contributed by atoms with van der Waals surface area (Å²) in [4.78, 5) is 0. The minimum absolute atomic E-state index is 0.109. The molecular formula is C11H14F2O. The third kappa shape index (κ3) is 3.42. The van der Waals surface area contributed by atoms with Crippen LogP contribution in [0.15, 0.2) is 18.2 Å². The van der Waals surface area contributed by atoms with Gasteiger partial charge in [0.25, 0.3) is 0 Å². The second-order valence-electron chi connectivity index (χ2n) is 3.60. The van der Waals surface area contributed by atoms with E-state index in [1.165, 1.54) is 12.1 Å². The summed E-state index contributed by atoms with van der Waals surface area (Å²) in [5, 5.41) is 8.77. The Labute approximate surface area is 82.4 Å². The van der Waals surface area contributed by atoms with Crippen LogP contribution < -0.4 is 0 Å². The van der Waals surface area contributed by atoms with Gasteiger partial charge < -0.3 is 5.11 Å². The lowest BCUT2D eigenvalue weighted by atomic mass is 10.0. The van der Waals surface area contributed by atoms with Crippen molar-refractivity contribution < 1.29 is 13.9 Å². The molecule has 0 aliphatic carbocycles. The first-order chi connectivity index (χ1) is 6.61. The molecule has 0 aromatic heterocycles. The molecule has 0 aliphatic heterocycles. The predicted molar refractivity (Wildman–Crippen MR) is 50.9 cm³/mol. The molecule has 0 amide bonds. The zero-order valence-corrected chi connectivity index (χ0v) is 8.13. The molecular weight excluding hydrogens is 186 g/mol. The van der Waals surface area contributed by atoms with Gasteiger partial charge in [-0.1, -0.05) is 6.92 Å². The summed E-state index contributed by atoms with van der Waals surface area (Å²) >= 11 is 0. The van der Waals surface area contributed by atoms with Crippen molar-refractivity contribution in [2.45, 2.75) is 19.8 Å². The number of hydrogen-bond acceptors (Lipinski definition) is 1. The molecule has 0 fully saturated rings. The Morgan fingerprint density at radius 1 is 1.21 bits per heavy atom. The van der Waals surface area contributed by atoms with E-state index in [0.717, 1.165) is 12.5 Å². The van der Waals surface area contributed by atoms with Gasteiger partial charge in [0.05, 0.1) is 0 Å². The van der Waals surface area contributed by atoms with Crippen molar-refractivity contribution in [3.63, 3.8) is 0 Å². The van der Waals surface area contributed by atoms with Crippen molar-refractivity contribution in [1.82, 2.24) is 0 Å². The monoisotopic (exact) mass is 200 g/mol. The Morgan fingerprint density at radius 2 is 1.79 bits per heavy atom. The summed E-state index contributed by atoms with van der Waals surface area (Å²) in [5.41, 5.74) is 0.641. The van der Waals surface area contributed by atoms with Gasteiger partial charge in [-0.3, -0.25) is 0 Å².